The van der Waals surface area contributed by atoms with Gasteiger partial charge in [0.05, 0.1) is 6.61 Å². The zero-order valence-electron chi connectivity index (χ0n) is 12.2. The van der Waals surface area contributed by atoms with Crippen LogP contribution in [0, 0.1) is 5.92 Å². The molecule has 4 N–H and O–H groups in total. The number of hydrazine groups is 1. The molecule has 7 heteroatoms. The third-order valence-corrected chi connectivity index (χ3v) is 3.71. The number of nitrogens with one attached hydrogen (secondary N) is 2. The summed E-state index contributed by atoms with van der Waals surface area (Å²) in [6, 6.07) is 0.706. The monoisotopic (exact) mass is 280 g/mol. The van der Waals surface area contributed by atoms with E-state index in [4.69, 9.17) is 10.6 Å². The number of nitrogen functional groups attached to an aromatic ring is 1. The molecule has 1 aliphatic rings. The van der Waals surface area contributed by atoms with Crippen molar-refractivity contribution in [2.45, 2.75) is 52.0 Å². The lowest BCUT2D eigenvalue weighted by Gasteiger charge is -2.29. The van der Waals surface area contributed by atoms with E-state index in [9.17, 15) is 0 Å². The van der Waals surface area contributed by atoms with Crippen LogP contribution >= 0.6 is 0 Å². The maximum absolute atomic E-state index is 5.37. The van der Waals surface area contributed by atoms with Gasteiger partial charge in [-0.05, 0) is 25.7 Å². The summed E-state index contributed by atoms with van der Waals surface area (Å²) < 4.78 is 5.32. The van der Waals surface area contributed by atoms with E-state index in [-0.39, 0.29) is 0 Å². The number of hydrogen-bond acceptors (Lipinski definition) is 7. The van der Waals surface area contributed by atoms with Gasteiger partial charge in [0.1, 0.15) is 0 Å². The van der Waals surface area contributed by atoms with Crippen LogP contribution in [0.1, 0.15) is 46.0 Å². The van der Waals surface area contributed by atoms with Crippen molar-refractivity contribution in [2.75, 3.05) is 17.3 Å². The minimum atomic E-state index is 0.292. The minimum Gasteiger partial charge on any atom is -0.464 e. The van der Waals surface area contributed by atoms with Crippen molar-refractivity contribution in [3.63, 3.8) is 0 Å². The second kappa shape index (κ2) is 7.23. The van der Waals surface area contributed by atoms with Crippen molar-refractivity contribution in [2.24, 2.45) is 11.8 Å². The van der Waals surface area contributed by atoms with E-state index in [0.29, 0.717) is 30.6 Å². The van der Waals surface area contributed by atoms with E-state index < -0.39 is 0 Å². The SMILES string of the molecule is CCOc1nc(NN)nc(NC2CCCC(CC)C2)n1. The van der Waals surface area contributed by atoms with E-state index in [2.05, 4.69) is 32.6 Å². The molecule has 1 aromatic heterocycles. The lowest BCUT2D eigenvalue weighted by atomic mass is 9.84. The average molecular weight is 280 g/mol. The molecule has 2 atom stereocenters. The molecule has 1 aliphatic carbocycles. The summed E-state index contributed by atoms with van der Waals surface area (Å²) in [4.78, 5) is 12.5. The first-order valence-electron chi connectivity index (χ1n) is 7.37. The molecule has 0 spiro atoms. The van der Waals surface area contributed by atoms with Gasteiger partial charge in [0.2, 0.25) is 11.9 Å². The van der Waals surface area contributed by atoms with E-state index in [0.717, 1.165) is 18.8 Å². The molecule has 1 fully saturated rings. The van der Waals surface area contributed by atoms with E-state index >= 15 is 0 Å². The van der Waals surface area contributed by atoms with Crippen LogP contribution in [0.15, 0.2) is 0 Å². The van der Waals surface area contributed by atoms with Gasteiger partial charge in [-0.15, -0.1) is 0 Å². The van der Waals surface area contributed by atoms with Gasteiger partial charge in [-0.25, -0.2) is 5.84 Å². The number of hydrogen-bond donors (Lipinski definition) is 3. The van der Waals surface area contributed by atoms with Gasteiger partial charge < -0.3 is 10.1 Å². The molecular formula is C13H24N6O. The molecule has 112 valence electrons. The highest BCUT2D eigenvalue weighted by molar-refractivity contribution is 5.35. The van der Waals surface area contributed by atoms with Crippen LogP contribution in [0.3, 0.4) is 0 Å². The zero-order chi connectivity index (χ0) is 14.4. The molecular weight excluding hydrogens is 256 g/mol. The van der Waals surface area contributed by atoms with Crippen LogP contribution in [0.2, 0.25) is 0 Å². The largest absolute Gasteiger partial charge is 0.464 e. The Hall–Kier alpha value is -1.63. The average Bonchev–Trinajstić information content (AvgIpc) is 2.47. The lowest BCUT2D eigenvalue weighted by Crippen LogP contribution is -2.28. The molecule has 7 nitrogen and oxygen atoms in total. The molecule has 20 heavy (non-hydrogen) atoms. The summed E-state index contributed by atoms with van der Waals surface area (Å²) in [6.45, 7) is 4.65. The molecule has 1 saturated carbocycles. The molecule has 0 bridgehead atoms. The second-order valence-electron chi connectivity index (χ2n) is 5.12. The van der Waals surface area contributed by atoms with Crippen LogP contribution in [0.4, 0.5) is 11.9 Å². The molecule has 1 heterocycles. The Labute approximate surface area is 119 Å². The lowest BCUT2D eigenvalue weighted by molar-refractivity contribution is 0.310. The summed E-state index contributed by atoms with van der Waals surface area (Å²) in [7, 11) is 0. The normalized spacial score (nSPS) is 22.4. The quantitative estimate of drug-likeness (QED) is 0.541. The third-order valence-electron chi connectivity index (χ3n) is 3.71. The highest BCUT2D eigenvalue weighted by Gasteiger charge is 2.21. The molecule has 0 amide bonds. The standard InChI is InChI=1S/C13H24N6O/c1-3-9-6-5-7-10(8-9)15-11-16-12(19-14)18-13(17-11)20-4-2/h9-10H,3-8,14H2,1-2H3,(H2,15,16,17,18,19). The smallest absolute Gasteiger partial charge is 0.323 e. The first-order valence-corrected chi connectivity index (χ1v) is 7.37. The number of anilines is 2. The maximum atomic E-state index is 5.37. The highest BCUT2D eigenvalue weighted by Crippen LogP contribution is 2.28. The molecule has 2 unspecified atom stereocenters. The van der Waals surface area contributed by atoms with Crippen molar-refractivity contribution in [1.29, 1.82) is 0 Å². The summed E-state index contributed by atoms with van der Waals surface area (Å²) in [5.41, 5.74) is 2.44. The predicted octanol–water partition coefficient (Wildman–Crippen LogP) is 1.94. The van der Waals surface area contributed by atoms with Gasteiger partial charge in [0, 0.05) is 6.04 Å². The Kier molecular flexibility index (Phi) is 5.34. The van der Waals surface area contributed by atoms with Crippen LogP contribution < -0.4 is 21.3 Å². The highest BCUT2D eigenvalue weighted by atomic mass is 16.5. The van der Waals surface area contributed by atoms with Gasteiger partial charge >= 0.3 is 6.01 Å². The summed E-state index contributed by atoms with van der Waals surface area (Å²) in [6.07, 6.45) is 6.12. The molecule has 0 aliphatic heterocycles. The topological polar surface area (TPSA) is 98.0 Å². The Morgan fingerprint density at radius 2 is 2.00 bits per heavy atom. The van der Waals surface area contributed by atoms with Crippen molar-refractivity contribution in [1.82, 2.24) is 15.0 Å². The Morgan fingerprint density at radius 3 is 2.70 bits per heavy atom. The molecule has 0 saturated heterocycles. The van der Waals surface area contributed by atoms with Gasteiger partial charge in [0.15, 0.2) is 0 Å². The first-order chi connectivity index (χ1) is 9.75. The Morgan fingerprint density at radius 1 is 1.20 bits per heavy atom. The van der Waals surface area contributed by atoms with Crippen LogP contribution in [0.5, 0.6) is 6.01 Å². The van der Waals surface area contributed by atoms with E-state index in [1.165, 1.54) is 19.3 Å². The van der Waals surface area contributed by atoms with Crippen LogP contribution in [0.25, 0.3) is 0 Å². The number of aromatic nitrogens is 3. The van der Waals surface area contributed by atoms with E-state index in [1.807, 2.05) is 6.92 Å². The fourth-order valence-corrected chi connectivity index (χ4v) is 2.65. The van der Waals surface area contributed by atoms with Crippen molar-refractivity contribution in [3.8, 4) is 6.01 Å². The second-order valence-corrected chi connectivity index (χ2v) is 5.12. The van der Waals surface area contributed by atoms with Crippen LogP contribution in [-0.2, 0) is 0 Å². The minimum absolute atomic E-state index is 0.292. The zero-order valence-corrected chi connectivity index (χ0v) is 12.2. The van der Waals surface area contributed by atoms with Crippen molar-refractivity contribution >= 4 is 11.9 Å². The number of nitrogens with zero attached hydrogens (tertiary/aromatic N) is 3. The molecule has 2 rings (SSSR count). The summed E-state index contributed by atoms with van der Waals surface area (Å²) in [5.74, 6) is 7.01. The van der Waals surface area contributed by atoms with E-state index in [1.54, 1.807) is 0 Å². The summed E-state index contributed by atoms with van der Waals surface area (Å²) >= 11 is 0. The van der Waals surface area contributed by atoms with Gasteiger partial charge in [0.25, 0.3) is 0 Å². The Bertz CT molecular complexity index is 427. The first kappa shape index (κ1) is 14.8. The predicted molar refractivity (Wildman–Crippen MR) is 78.5 cm³/mol. The van der Waals surface area contributed by atoms with Gasteiger partial charge in [-0.2, -0.15) is 15.0 Å². The number of nitrogens with two attached hydrogens (primary N) is 1. The maximum Gasteiger partial charge on any atom is 0.323 e. The molecule has 0 radical (unpaired) electrons. The fraction of sp³-hybridized carbons (Fsp3) is 0.769. The number of ether oxygens (including phenoxy) is 1. The molecule has 1 aromatic rings. The van der Waals surface area contributed by atoms with Crippen LogP contribution in [-0.4, -0.2) is 27.6 Å². The third kappa shape index (κ3) is 3.93. The van der Waals surface area contributed by atoms with Gasteiger partial charge in [-0.3, -0.25) is 5.43 Å². The summed E-state index contributed by atoms with van der Waals surface area (Å²) in [5, 5.41) is 3.38. The van der Waals surface area contributed by atoms with Gasteiger partial charge in [-0.1, -0.05) is 26.2 Å². The van der Waals surface area contributed by atoms with Crippen molar-refractivity contribution < 1.29 is 4.74 Å². The van der Waals surface area contributed by atoms with Crippen molar-refractivity contribution in [3.05, 3.63) is 0 Å². The fourth-order valence-electron chi connectivity index (χ4n) is 2.65. The Balaban J connectivity index is 2.05. The number of rotatable bonds is 6. The molecule has 0 aromatic carbocycles.